The number of nitrogens with zero attached hydrogens (tertiary/aromatic N) is 2. The zero-order chi connectivity index (χ0) is 28.6. The molecule has 0 unspecified atom stereocenters. The lowest BCUT2D eigenvalue weighted by molar-refractivity contribution is -0.117. The molecule has 9 nitrogen and oxygen atoms in total. The van der Waals surface area contributed by atoms with E-state index >= 15 is 0 Å². The van der Waals surface area contributed by atoms with E-state index in [0.29, 0.717) is 11.3 Å². The average Bonchev–Trinajstić information content (AvgIpc) is 3.07. The van der Waals surface area contributed by atoms with Crippen LogP contribution in [0.1, 0.15) is 44.2 Å². The van der Waals surface area contributed by atoms with Crippen molar-refractivity contribution in [2.45, 2.75) is 50.5 Å². The first-order valence-corrected chi connectivity index (χ1v) is 13.3. The van der Waals surface area contributed by atoms with Crippen molar-refractivity contribution in [1.82, 2.24) is 9.21 Å². The number of anilines is 1. The Morgan fingerprint density at radius 2 is 1.46 bits per heavy atom. The minimum absolute atomic E-state index is 0.224. The number of piperidine rings is 1. The van der Waals surface area contributed by atoms with Crippen LogP contribution in [-0.2, 0) is 29.9 Å². The maximum Gasteiger partial charge on any atom is 0.244 e. The number of benzene rings is 2. The number of rotatable bonds is 3. The lowest BCUT2D eigenvalue weighted by Crippen LogP contribution is -2.43. The van der Waals surface area contributed by atoms with Crippen LogP contribution >= 0.6 is 0 Å². The zero-order valence-electron chi connectivity index (χ0n) is 22.6. The maximum absolute atomic E-state index is 12.8. The Balaban J connectivity index is 0.000000835. The van der Waals surface area contributed by atoms with Crippen LogP contribution in [0.5, 0.6) is 0 Å². The highest BCUT2D eigenvalue weighted by Crippen LogP contribution is 2.43. The summed E-state index contributed by atoms with van der Waals surface area (Å²) in [6.07, 6.45) is 4.28. The van der Waals surface area contributed by atoms with Crippen LogP contribution in [-0.4, -0.2) is 76.0 Å². The first-order valence-electron chi connectivity index (χ1n) is 11.8. The van der Waals surface area contributed by atoms with E-state index in [1.165, 1.54) is 36.7 Å². The van der Waals surface area contributed by atoms with Gasteiger partial charge in [0, 0.05) is 12.8 Å². The second-order valence-electron chi connectivity index (χ2n) is 8.84. The molecule has 0 radical (unpaired) electrons. The van der Waals surface area contributed by atoms with Crippen LogP contribution in [0.15, 0.2) is 53.4 Å². The quantitative estimate of drug-likeness (QED) is 0.618. The highest BCUT2D eigenvalue weighted by molar-refractivity contribution is 7.89. The van der Waals surface area contributed by atoms with Crippen LogP contribution in [0.2, 0.25) is 0 Å². The second kappa shape index (κ2) is 16.8. The zero-order valence-corrected chi connectivity index (χ0v) is 23.4. The van der Waals surface area contributed by atoms with E-state index in [9.17, 15) is 13.2 Å². The maximum atomic E-state index is 12.8. The molecule has 2 aromatic rings. The summed E-state index contributed by atoms with van der Waals surface area (Å²) in [5, 5.41) is 9.75. The fraction of sp³-hybridized carbons (Fsp3) is 0.444. The molecule has 1 saturated heterocycles. The average molecular weight is 536 g/mol. The van der Waals surface area contributed by atoms with E-state index in [-0.39, 0.29) is 17.3 Å². The van der Waals surface area contributed by atoms with Gasteiger partial charge in [-0.25, -0.2) is 8.42 Å². The van der Waals surface area contributed by atoms with Crippen molar-refractivity contribution in [3.8, 4) is 0 Å². The van der Waals surface area contributed by atoms with Gasteiger partial charge in [0.25, 0.3) is 0 Å². The molecule has 10 heteroatoms. The van der Waals surface area contributed by atoms with Gasteiger partial charge in [0.05, 0.1) is 17.0 Å². The largest absolute Gasteiger partial charge is 0.400 e. The third kappa shape index (κ3) is 9.47. The van der Waals surface area contributed by atoms with Gasteiger partial charge in [0.2, 0.25) is 15.9 Å². The Morgan fingerprint density at radius 3 is 1.92 bits per heavy atom. The van der Waals surface area contributed by atoms with Gasteiger partial charge < -0.3 is 24.9 Å². The highest BCUT2D eigenvalue weighted by Gasteiger charge is 2.48. The number of aliphatic hydroxyl groups is 1. The summed E-state index contributed by atoms with van der Waals surface area (Å²) >= 11 is 0. The number of aryl methyl sites for hydroxylation is 1. The molecule has 2 heterocycles. The first kappa shape index (κ1) is 34.1. The van der Waals surface area contributed by atoms with Crippen molar-refractivity contribution in [2.24, 2.45) is 0 Å². The van der Waals surface area contributed by atoms with Gasteiger partial charge in [-0.15, -0.1) is 0 Å². The summed E-state index contributed by atoms with van der Waals surface area (Å²) in [5.41, 5.74) is 1.69. The summed E-state index contributed by atoms with van der Waals surface area (Å²) in [6, 6.07) is 14.3. The van der Waals surface area contributed by atoms with Crippen LogP contribution in [0, 0.1) is 6.92 Å². The fourth-order valence-corrected chi connectivity index (χ4v) is 6.12. The summed E-state index contributed by atoms with van der Waals surface area (Å²) in [6.45, 7) is 12.0. The van der Waals surface area contributed by atoms with E-state index in [0.717, 1.165) is 12.7 Å². The molecule has 206 valence electrons. The van der Waals surface area contributed by atoms with Gasteiger partial charge in [-0.05, 0) is 77.5 Å². The fourth-order valence-electron chi connectivity index (χ4n) is 4.05. The van der Waals surface area contributed by atoms with Crippen LogP contribution in [0.3, 0.4) is 0 Å². The number of aliphatic hydroxyl groups excluding tert-OH is 1. The Bertz CT molecular complexity index is 1050. The molecular formula is C27H41N3O6S. The van der Waals surface area contributed by atoms with Gasteiger partial charge in [-0.3, -0.25) is 4.79 Å². The number of carbonyl (C=O) groups excluding carboxylic acids is 3. The Morgan fingerprint density at radius 1 is 0.946 bits per heavy atom. The molecule has 2 aromatic carbocycles. The summed E-state index contributed by atoms with van der Waals surface area (Å²) in [4.78, 5) is 31.0. The molecule has 37 heavy (non-hydrogen) atoms. The number of sulfonamides is 1. The molecule has 1 fully saturated rings. The van der Waals surface area contributed by atoms with Gasteiger partial charge in [-0.1, -0.05) is 42.3 Å². The highest BCUT2D eigenvalue weighted by atomic mass is 32.2. The summed E-state index contributed by atoms with van der Waals surface area (Å²) in [5.74, 6) is -0.358. The molecule has 2 aliphatic rings. The summed E-state index contributed by atoms with van der Waals surface area (Å²) in [7, 11) is -0.482. The molecule has 0 spiro atoms. The number of likely N-dealkylation sites (tertiary alicyclic amines) is 1. The van der Waals surface area contributed by atoms with Crippen molar-refractivity contribution in [3.05, 3.63) is 59.7 Å². The molecule has 1 amide bonds. The number of nitrogens with one attached hydrogen (secondary N) is 1. The van der Waals surface area contributed by atoms with Gasteiger partial charge in [0.1, 0.15) is 13.6 Å². The number of fused-ring (bicyclic) bond motifs is 1. The number of carbonyl (C=O) groups is 3. The normalized spacial score (nSPS) is 16.9. The molecule has 2 aliphatic heterocycles. The van der Waals surface area contributed by atoms with E-state index in [1.54, 1.807) is 30.3 Å². The first-order chi connectivity index (χ1) is 17.6. The lowest BCUT2D eigenvalue weighted by Gasteiger charge is -2.29. The molecular weight excluding hydrogens is 494 g/mol. The van der Waals surface area contributed by atoms with Gasteiger partial charge >= 0.3 is 0 Å². The van der Waals surface area contributed by atoms with Crippen LogP contribution < -0.4 is 5.32 Å². The van der Waals surface area contributed by atoms with Crippen LogP contribution in [0.25, 0.3) is 0 Å². The van der Waals surface area contributed by atoms with E-state index < -0.39 is 15.6 Å². The van der Waals surface area contributed by atoms with E-state index in [4.69, 9.17) is 14.7 Å². The molecule has 0 atom stereocenters. The topological polar surface area (TPSA) is 124 Å². The second-order valence-corrected chi connectivity index (χ2v) is 10.7. The van der Waals surface area contributed by atoms with Crippen LogP contribution in [0.4, 0.5) is 5.69 Å². The number of hydrogen-bond acceptors (Lipinski definition) is 7. The third-order valence-electron chi connectivity index (χ3n) is 5.94. The summed E-state index contributed by atoms with van der Waals surface area (Å²) < 4.78 is 26.8. The number of hydrogen-bond donors (Lipinski definition) is 2. The monoisotopic (exact) mass is 535 g/mol. The predicted molar refractivity (Wildman–Crippen MR) is 147 cm³/mol. The predicted octanol–water partition coefficient (Wildman–Crippen LogP) is 3.21. The van der Waals surface area contributed by atoms with Crippen molar-refractivity contribution in [2.75, 3.05) is 39.1 Å². The molecule has 0 saturated carbocycles. The standard InChI is InChI=1S/C18H20N2O3S.C6H13N.CH4O.2CH2O/c1-13-8-10-14(11-9-13)19-17(21)12-20-18(2,3)15-6-4-5-7-16(15)24(20,22)23;1-7-5-3-2-4-6-7;3*1-2/h4-11H,12H2,1-3H3,(H,19,21);2-6H2,1H3;2H,1H3;2*1H2. The minimum atomic E-state index is -3.68. The molecule has 2 N–H and O–H groups in total. The molecule has 0 aliphatic carbocycles. The van der Waals surface area contributed by atoms with Gasteiger partial charge in [-0.2, -0.15) is 4.31 Å². The minimum Gasteiger partial charge on any atom is -0.400 e. The van der Waals surface area contributed by atoms with Gasteiger partial charge in [0.15, 0.2) is 0 Å². The van der Waals surface area contributed by atoms with Crippen molar-refractivity contribution in [1.29, 1.82) is 0 Å². The Hall–Kier alpha value is -2.92. The lowest BCUT2D eigenvalue weighted by atomic mass is 9.94. The Labute approximate surface area is 221 Å². The van der Waals surface area contributed by atoms with E-state index in [1.807, 2.05) is 52.5 Å². The Kier molecular flexibility index (Phi) is 15.4. The molecule has 4 rings (SSSR count). The van der Waals surface area contributed by atoms with Crippen molar-refractivity contribution >= 4 is 35.2 Å². The number of amides is 1. The smallest absolute Gasteiger partial charge is 0.244 e. The van der Waals surface area contributed by atoms with E-state index in [2.05, 4.69) is 17.3 Å². The van der Waals surface area contributed by atoms with Crippen molar-refractivity contribution < 1.29 is 27.9 Å². The molecule has 0 aromatic heterocycles. The SMILES string of the molecule is C=O.C=O.CN1CCCCC1.CO.Cc1ccc(NC(=O)CN2C(C)(C)c3ccccc3S2(=O)=O)cc1. The third-order valence-corrected chi connectivity index (χ3v) is 8.02. The van der Waals surface area contributed by atoms with Crippen molar-refractivity contribution in [3.63, 3.8) is 0 Å². The molecule has 0 bridgehead atoms.